The van der Waals surface area contributed by atoms with Crippen molar-refractivity contribution in [2.24, 2.45) is 0 Å². The molecule has 0 aromatic heterocycles. The molecule has 0 aliphatic carbocycles. The minimum atomic E-state index is -1.12. The first-order valence-electron chi connectivity index (χ1n) is 5.25. The topological polar surface area (TPSA) is 0 Å². The molecule has 1 radical (unpaired) electrons. The summed E-state index contributed by atoms with van der Waals surface area (Å²) in [5, 5.41) is 1.59. The fourth-order valence-corrected chi connectivity index (χ4v) is 5.65. The van der Waals surface area contributed by atoms with Gasteiger partial charge in [0.15, 0.2) is 0 Å². The van der Waals surface area contributed by atoms with E-state index in [1.54, 1.807) is 5.19 Å². The van der Waals surface area contributed by atoms with E-state index in [-0.39, 0.29) is 0 Å². The van der Waals surface area contributed by atoms with Crippen LogP contribution in [0.3, 0.4) is 0 Å². The largest absolute Gasteiger partial charge is 0.0859 e. The van der Waals surface area contributed by atoms with Crippen molar-refractivity contribution in [2.45, 2.75) is 38.9 Å². The Bertz CT molecular complexity index is 228. The summed E-state index contributed by atoms with van der Waals surface area (Å²) in [5.74, 6) is 0. The van der Waals surface area contributed by atoms with Crippen molar-refractivity contribution in [2.75, 3.05) is 0 Å². The van der Waals surface area contributed by atoms with Crippen molar-refractivity contribution >= 4 is 13.3 Å². The molecule has 0 fully saturated rings. The van der Waals surface area contributed by atoms with Crippen LogP contribution in [0.1, 0.15) is 20.8 Å². The Labute approximate surface area is 83.0 Å². The van der Waals surface area contributed by atoms with E-state index >= 15 is 0 Å². The zero-order chi connectivity index (χ0) is 9.73. The normalized spacial score (nSPS) is 11.6. The minimum Gasteiger partial charge on any atom is -0.0675 e. The molecule has 71 valence electrons. The van der Waals surface area contributed by atoms with Crippen molar-refractivity contribution in [3.8, 4) is 0 Å². The molecule has 0 aliphatic heterocycles. The van der Waals surface area contributed by atoms with Gasteiger partial charge in [0, 0.05) is 0 Å². The third-order valence-electron chi connectivity index (χ3n) is 3.35. The fraction of sp³-hybridized carbons (Fsp3) is 0.500. The summed E-state index contributed by atoms with van der Waals surface area (Å²) < 4.78 is 0. The number of hydrogen-bond acceptors (Lipinski definition) is 0. The molecular formula is C12H19Si. The standard InChI is InChI=1S/C12H19Si/c1-4-13(5-2,6-3)12-10-8-7-9-11-12/h7-8,10-11H,4-6H2,1-3H3. The molecule has 0 atom stereocenters. The molecule has 1 heteroatoms. The van der Waals surface area contributed by atoms with Crippen molar-refractivity contribution in [1.29, 1.82) is 0 Å². The molecule has 0 N–H and O–H groups in total. The van der Waals surface area contributed by atoms with Gasteiger partial charge in [0.05, 0.1) is 8.07 Å². The maximum absolute atomic E-state index is 3.20. The summed E-state index contributed by atoms with van der Waals surface area (Å²) in [6.45, 7) is 7.02. The maximum Gasteiger partial charge on any atom is 0.0859 e. The lowest BCUT2D eigenvalue weighted by Gasteiger charge is -2.28. The monoisotopic (exact) mass is 191 g/mol. The van der Waals surface area contributed by atoms with Gasteiger partial charge in [0.1, 0.15) is 0 Å². The summed E-state index contributed by atoms with van der Waals surface area (Å²) in [7, 11) is -1.12. The van der Waals surface area contributed by atoms with E-state index in [1.165, 1.54) is 18.1 Å². The van der Waals surface area contributed by atoms with Crippen LogP contribution in [0, 0.1) is 6.07 Å². The summed E-state index contributed by atoms with van der Waals surface area (Å²) in [6, 6.07) is 15.9. The van der Waals surface area contributed by atoms with E-state index in [0.29, 0.717) is 0 Å². The Morgan fingerprint density at radius 2 is 1.77 bits per heavy atom. The predicted molar refractivity (Wildman–Crippen MR) is 62.1 cm³/mol. The number of benzene rings is 1. The molecule has 0 amide bonds. The minimum absolute atomic E-state index is 1.12. The van der Waals surface area contributed by atoms with E-state index < -0.39 is 8.07 Å². The summed E-state index contributed by atoms with van der Waals surface area (Å²) >= 11 is 0. The molecule has 1 aromatic carbocycles. The molecule has 0 spiro atoms. The van der Waals surface area contributed by atoms with Crippen LogP contribution in [0.5, 0.6) is 0 Å². The van der Waals surface area contributed by atoms with E-state index in [4.69, 9.17) is 0 Å². The third-order valence-corrected chi connectivity index (χ3v) is 8.95. The molecule has 1 rings (SSSR count). The van der Waals surface area contributed by atoms with Crippen LogP contribution in [0.4, 0.5) is 0 Å². The third kappa shape index (κ3) is 2.02. The fourth-order valence-electron chi connectivity index (χ4n) is 2.09. The first-order chi connectivity index (χ1) is 6.29. The SMILES string of the molecule is CC[Si](CC)(CC)c1c[c]ccc1. The molecule has 0 nitrogen and oxygen atoms in total. The van der Waals surface area contributed by atoms with Crippen molar-refractivity contribution in [3.05, 3.63) is 30.3 Å². The van der Waals surface area contributed by atoms with Crippen LogP contribution >= 0.6 is 0 Å². The highest BCUT2D eigenvalue weighted by atomic mass is 28.3. The zero-order valence-electron chi connectivity index (χ0n) is 8.93. The van der Waals surface area contributed by atoms with Gasteiger partial charge < -0.3 is 0 Å². The van der Waals surface area contributed by atoms with Crippen LogP contribution in [-0.2, 0) is 0 Å². The molecule has 0 heterocycles. The second-order valence-electron chi connectivity index (χ2n) is 3.63. The van der Waals surface area contributed by atoms with Gasteiger partial charge in [-0.2, -0.15) is 0 Å². The molecule has 13 heavy (non-hydrogen) atoms. The first-order valence-corrected chi connectivity index (χ1v) is 7.87. The Kier molecular flexibility index (Phi) is 3.73. The Morgan fingerprint density at radius 1 is 1.15 bits per heavy atom. The molecule has 0 bridgehead atoms. The molecule has 0 unspecified atom stereocenters. The Hall–Kier alpha value is -0.563. The lowest BCUT2D eigenvalue weighted by Crippen LogP contribution is -2.45. The van der Waals surface area contributed by atoms with Gasteiger partial charge in [-0.3, -0.25) is 0 Å². The molecule has 0 saturated heterocycles. The highest BCUT2D eigenvalue weighted by molar-refractivity contribution is 6.91. The molecule has 0 saturated carbocycles. The lowest BCUT2D eigenvalue weighted by atomic mass is 10.4. The van der Waals surface area contributed by atoms with Crippen molar-refractivity contribution in [1.82, 2.24) is 0 Å². The highest BCUT2D eigenvalue weighted by Crippen LogP contribution is 2.19. The molecule has 1 aromatic rings. The van der Waals surface area contributed by atoms with E-state index in [0.717, 1.165) is 0 Å². The van der Waals surface area contributed by atoms with E-state index in [2.05, 4.69) is 45.0 Å². The summed E-state index contributed by atoms with van der Waals surface area (Å²) in [4.78, 5) is 0. The Balaban J connectivity index is 3.01. The van der Waals surface area contributed by atoms with Crippen LogP contribution in [0.25, 0.3) is 0 Å². The van der Waals surface area contributed by atoms with E-state index in [9.17, 15) is 0 Å². The van der Waals surface area contributed by atoms with Crippen molar-refractivity contribution in [3.63, 3.8) is 0 Å². The Morgan fingerprint density at radius 3 is 2.15 bits per heavy atom. The van der Waals surface area contributed by atoms with Gasteiger partial charge in [-0.15, -0.1) is 0 Å². The van der Waals surface area contributed by atoms with Gasteiger partial charge in [0.2, 0.25) is 0 Å². The van der Waals surface area contributed by atoms with Gasteiger partial charge in [-0.25, -0.2) is 0 Å². The average Bonchev–Trinajstić information content (AvgIpc) is 2.23. The average molecular weight is 191 g/mol. The summed E-state index contributed by atoms with van der Waals surface area (Å²) in [6.07, 6.45) is 0. The van der Waals surface area contributed by atoms with Gasteiger partial charge >= 0.3 is 0 Å². The van der Waals surface area contributed by atoms with Gasteiger partial charge in [-0.1, -0.05) is 68.4 Å². The zero-order valence-corrected chi connectivity index (χ0v) is 9.93. The van der Waals surface area contributed by atoms with Gasteiger partial charge in [0.25, 0.3) is 0 Å². The van der Waals surface area contributed by atoms with Crippen LogP contribution in [0.15, 0.2) is 24.3 Å². The maximum atomic E-state index is 3.20. The van der Waals surface area contributed by atoms with Gasteiger partial charge in [-0.05, 0) is 6.07 Å². The quantitative estimate of drug-likeness (QED) is 0.641. The van der Waals surface area contributed by atoms with Crippen molar-refractivity contribution < 1.29 is 0 Å². The summed E-state index contributed by atoms with van der Waals surface area (Å²) in [5.41, 5.74) is 0. The highest BCUT2D eigenvalue weighted by Gasteiger charge is 2.28. The molecular weight excluding hydrogens is 172 g/mol. The number of rotatable bonds is 4. The smallest absolute Gasteiger partial charge is 0.0675 e. The van der Waals surface area contributed by atoms with E-state index in [1.807, 2.05) is 6.07 Å². The molecule has 0 aliphatic rings. The van der Waals surface area contributed by atoms with Crippen LogP contribution in [0.2, 0.25) is 18.1 Å². The predicted octanol–water partition coefficient (Wildman–Crippen LogP) is 3.20. The second kappa shape index (κ2) is 4.61. The van der Waals surface area contributed by atoms with Crippen LogP contribution in [-0.4, -0.2) is 8.07 Å². The van der Waals surface area contributed by atoms with Crippen LogP contribution < -0.4 is 5.19 Å². The number of hydrogen-bond donors (Lipinski definition) is 0. The second-order valence-corrected chi connectivity index (χ2v) is 8.89. The lowest BCUT2D eigenvalue weighted by molar-refractivity contribution is 1.19. The first kappa shape index (κ1) is 10.5.